The molecule has 1 unspecified atom stereocenters. The first kappa shape index (κ1) is 17.8. The third-order valence-corrected chi connectivity index (χ3v) is 7.22. The molecule has 2 aliphatic heterocycles. The van der Waals surface area contributed by atoms with E-state index in [0.717, 1.165) is 58.2 Å². The van der Waals surface area contributed by atoms with Crippen molar-refractivity contribution in [2.24, 2.45) is 0 Å². The van der Waals surface area contributed by atoms with E-state index in [0.29, 0.717) is 5.92 Å². The van der Waals surface area contributed by atoms with Crippen LogP contribution < -0.4 is 4.90 Å². The van der Waals surface area contributed by atoms with Gasteiger partial charge < -0.3 is 14.6 Å². The van der Waals surface area contributed by atoms with Crippen LogP contribution in [-0.2, 0) is 23.1 Å². The molecule has 2 aliphatic carbocycles. The molecule has 1 saturated carbocycles. The summed E-state index contributed by atoms with van der Waals surface area (Å²) in [6.45, 7) is 6.73. The standard InChI is InChI=1S/C22H30N6O/c1-5-22(14-27(7-1)13-17-12-23-15-24-17)6-4-18-19(22)25-20(16-2-3-16)26-21(18)28-8-10-29-11-9-28/h12,15-16H,1-11,13-14H2,(H,23,24). The number of aromatic nitrogens is 4. The number of hydrogen-bond donors (Lipinski definition) is 1. The van der Waals surface area contributed by atoms with E-state index in [-0.39, 0.29) is 5.41 Å². The van der Waals surface area contributed by atoms with Crippen molar-refractivity contribution in [2.45, 2.75) is 56.4 Å². The summed E-state index contributed by atoms with van der Waals surface area (Å²) in [6, 6.07) is 0. The Hall–Kier alpha value is -1.99. The molecular weight excluding hydrogens is 364 g/mol. The average Bonchev–Trinajstić information content (AvgIpc) is 3.39. The molecule has 2 saturated heterocycles. The topological polar surface area (TPSA) is 70.2 Å². The molecule has 0 amide bonds. The van der Waals surface area contributed by atoms with E-state index in [1.165, 1.54) is 54.9 Å². The van der Waals surface area contributed by atoms with Gasteiger partial charge in [0.25, 0.3) is 0 Å². The van der Waals surface area contributed by atoms with Crippen LogP contribution in [-0.4, -0.2) is 64.2 Å². The van der Waals surface area contributed by atoms with Crippen molar-refractivity contribution < 1.29 is 4.74 Å². The van der Waals surface area contributed by atoms with Gasteiger partial charge in [0.2, 0.25) is 0 Å². The summed E-state index contributed by atoms with van der Waals surface area (Å²) in [5.41, 5.74) is 4.21. The van der Waals surface area contributed by atoms with Gasteiger partial charge in [-0.1, -0.05) is 0 Å². The van der Waals surface area contributed by atoms with Gasteiger partial charge >= 0.3 is 0 Å². The highest BCUT2D eigenvalue weighted by atomic mass is 16.5. The lowest BCUT2D eigenvalue weighted by Gasteiger charge is -2.40. The van der Waals surface area contributed by atoms with Gasteiger partial charge in [0, 0.05) is 55.0 Å². The largest absolute Gasteiger partial charge is 0.378 e. The number of nitrogens with one attached hydrogen (secondary N) is 1. The summed E-state index contributed by atoms with van der Waals surface area (Å²) in [4.78, 5) is 22.9. The lowest BCUT2D eigenvalue weighted by molar-refractivity contribution is 0.122. The van der Waals surface area contributed by atoms with Crippen LogP contribution in [0.5, 0.6) is 0 Å². The number of imidazole rings is 1. The van der Waals surface area contributed by atoms with Crippen LogP contribution in [0, 0.1) is 0 Å². The van der Waals surface area contributed by atoms with Crippen molar-refractivity contribution in [3.8, 4) is 0 Å². The highest BCUT2D eigenvalue weighted by Gasteiger charge is 2.46. The van der Waals surface area contributed by atoms with Gasteiger partial charge in [0.15, 0.2) is 0 Å². The summed E-state index contributed by atoms with van der Waals surface area (Å²) in [5.74, 6) is 2.92. The highest BCUT2D eigenvalue weighted by molar-refractivity contribution is 5.55. The Balaban J connectivity index is 1.35. The molecule has 1 atom stereocenters. The zero-order chi connectivity index (χ0) is 19.3. The molecule has 0 bridgehead atoms. The molecule has 4 heterocycles. The number of piperidine rings is 1. The van der Waals surface area contributed by atoms with Crippen molar-refractivity contribution in [1.82, 2.24) is 24.8 Å². The molecule has 1 N–H and O–H groups in total. The molecule has 2 aromatic rings. The van der Waals surface area contributed by atoms with E-state index in [9.17, 15) is 0 Å². The predicted molar refractivity (Wildman–Crippen MR) is 110 cm³/mol. The molecule has 154 valence electrons. The lowest BCUT2D eigenvalue weighted by Crippen LogP contribution is -2.45. The van der Waals surface area contributed by atoms with Gasteiger partial charge in [-0.15, -0.1) is 0 Å². The smallest absolute Gasteiger partial charge is 0.135 e. The second-order valence-electron chi connectivity index (χ2n) is 9.28. The Morgan fingerprint density at radius 2 is 2.03 bits per heavy atom. The summed E-state index contributed by atoms with van der Waals surface area (Å²) in [7, 11) is 0. The van der Waals surface area contributed by atoms with Crippen LogP contribution in [0.4, 0.5) is 5.82 Å². The Morgan fingerprint density at radius 3 is 2.83 bits per heavy atom. The molecule has 2 aromatic heterocycles. The first-order chi connectivity index (χ1) is 14.3. The molecule has 0 aromatic carbocycles. The van der Waals surface area contributed by atoms with Gasteiger partial charge in [-0.05, 0) is 45.1 Å². The highest BCUT2D eigenvalue weighted by Crippen LogP contribution is 2.48. The number of nitrogens with zero attached hydrogens (tertiary/aromatic N) is 5. The Bertz CT molecular complexity index is 874. The molecule has 7 nitrogen and oxygen atoms in total. The number of hydrogen-bond acceptors (Lipinski definition) is 6. The van der Waals surface area contributed by atoms with Crippen LogP contribution >= 0.6 is 0 Å². The number of fused-ring (bicyclic) bond motifs is 2. The zero-order valence-electron chi connectivity index (χ0n) is 17.1. The fraction of sp³-hybridized carbons (Fsp3) is 0.682. The molecule has 1 spiro atoms. The van der Waals surface area contributed by atoms with Crippen LogP contribution in [0.1, 0.15) is 60.8 Å². The Kier molecular flexibility index (Phi) is 4.34. The minimum atomic E-state index is 0.196. The van der Waals surface area contributed by atoms with Crippen LogP contribution in [0.3, 0.4) is 0 Å². The van der Waals surface area contributed by atoms with Crippen LogP contribution in [0.2, 0.25) is 0 Å². The van der Waals surface area contributed by atoms with E-state index in [1.54, 1.807) is 6.33 Å². The molecule has 7 heteroatoms. The van der Waals surface area contributed by atoms with E-state index in [4.69, 9.17) is 14.7 Å². The molecule has 6 rings (SSSR count). The summed E-state index contributed by atoms with van der Waals surface area (Å²) >= 11 is 0. The number of rotatable bonds is 4. The fourth-order valence-corrected chi connectivity index (χ4v) is 5.57. The number of anilines is 1. The van der Waals surface area contributed by atoms with E-state index in [1.807, 2.05) is 6.20 Å². The second-order valence-corrected chi connectivity index (χ2v) is 9.28. The minimum absolute atomic E-state index is 0.196. The molecule has 4 aliphatic rings. The number of likely N-dealkylation sites (tertiary alicyclic amines) is 1. The van der Waals surface area contributed by atoms with Crippen molar-refractivity contribution >= 4 is 5.82 Å². The number of morpholine rings is 1. The first-order valence-electron chi connectivity index (χ1n) is 11.2. The second kappa shape index (κ2) is 7.06. The van der Waals surface area contributed by atoms with Crippen molar-refractivity contribution in [3.05, 3.63) is 35.3 Å². The SMILES string of the molecule is c1ncc(CN2CCCC3(CCc4c(N5CCOCC5)nc(C5CC5)nc43)C2)[nH]1. The molecule has 29 heavy (non-hydrogen) atoms. The van der Waals surface area contributed by atoms with E-state index in [2.05, 4.69) is 19.8 Å². The maximum absolute atomic E-state index is 5.60. The lowest BCUT2D eigenvalue weighted by atomic mass is 9.77. The molecular formula is C22H30N6O. The quantitative estimate of drug-likeness (QED) is 0.859. The third kappa shape index (κ3) is 3.24. The third-order valence-electron chi connectivity index (χ3n) is 7.22. The zero-order valence-corrected chi connectivity index (χ0v) is 17.1. The van der Waals surface area contributed by atoms with E-state index >= 15 is 0 Å². The van der Waals surface area contributed by atoms with Crippen molar-refractivity contribution in [2.75, 3.05) is 44.3 Å². The monoisotopic (exact) mass is 394 g/mol. The van der Waals surface area contributed by atoms with Crippen LogP contribution in [0.15, 0.2) is 12.5 Å². The summed E-state index contributed by atoms with van der Waals surface area (Å²) in [6.07, 6.45) is 11.1. The van der Waals surface area contributed by atoms with Crippen molar-refractivity contribution in [1.29, 1.82) is 0 Å². The summed E-state index contributed by atoms with van der Waals surface area (Å²) < 4.78 is 5.60. The number of aromatic amines is 1. The van der Waals surface area contributed by atoms with Crippen molar-refractivity contribution in [3.63, 3.8) is 0 Å². The Labute approximate surface area is 171 Å². The van der Waals surface area contributed by atoms with Gasteiger partial charge in [0.05, 0.1) is 25.2 Å². The molecule has 3 fully saturated rings. The molecule has 0 radical (unpaired) electrons. The first-order valence-corrected chi connectivity index (χ1v) is 11.2. The van der Waals surface area contributed by atoms with Gasteiger partial charge in [-0.2, -0.15) is 0 Å². The Morgan fingerprint density at radius 1 is 1.14 bits per heavy atom. The maximum Gasteiger partial charge on any atom is 0.135 e. The number of ether oxygens (including phenoxy) is 1. The predicted octanol–water partition coefficient (Wildman–Crippen LogP) is 2.39. The normalized spacial score (nSPS) is 27.5. The van der Waals surface area contributed by atoms with Gasteiger partial charge in [-0.3, -0.25) is 4.90 Å². The fourth-order valence-electron chi connectivity index (χ4n) is 5.57. The maximum atomic E-state index is 5.60. The van der Waals surface area contributed by atoms with Crippen LogP contribution in [0.25, 0.3) is 0 Å². The summed E-state index contributed by atoms with van der Waals surface area (Å²) in [5, 5.41) is 0. The van der Waals surface area contributed by atoms with Gasteiger partial charge in [0.1, 0.15) is 11.6 Å². The van der Waals surface area contributed by atoms with E-state index < -0.39 is 0 Å². The number of H-pyrrole nitrogens is 1. The van der Waals surface area contributed by atoms with Gasteiger partial charge in [-0.25, -0.2) is 15.0 Å². The minimum Gasteiger partial charge on any atom is -0.378 e. The average molecular weight is 395 g/mol.